The van der Waals surface area contributed by atoms with Crippen molar-refractivity contribution in [2.45, 2.75) is 25.8 Å². The molecule has 3 nitrogen and oxygen atoms in total. The zero-order chi connectivity index (χ0) is 16.2. The standard InChI is InChI=1S/C18H21BrN2O/c1-13-5-3-4-6-14(13)11-12-21-17(22)18(2,20)15-7-9-16(19)10-8-15/h3-10H,11-12,20H2,1-2H3,(H,21,22). The van der Waals surface area contributed by atoms with E-state index >= 15 is 0 Å². The molecule has 0 aliphatic carbocycles. The van der Waals surface area contributed by atoms with Gasteiger partial charge in [-0.3, -0.25) is 4.79 Å². The fourth-order valence-corrected chi connectivity index (χ4v) is 2.58. The van der Waals surface area contributed by atoms with Gasteiger partial charge in [0.2, 0.25) is 5.91 Å². The van der Waals surface area contributed by atoms with Gasteiger partial charge in [0.25, 0.3) is 0 Å². The van der Waals surface area contributed by atoms with Crippen molar-refractivity contribution in [1.82, 2.24) is 5.32 Å². The molecule has 2 rings (SSSR count). The van der Waals surface area contributed by atoms with Crippen molar-refractivity contribution < 1.29 is 4.79 Å². The maximum absolute atomic E-state index is 12.4. The molecule has 22 heavy (non-hydrogen) atoms. The van der Waals surface area contributed by atoms with Crippen molar-refractivity contribution in [1.29, 1.82) is 0 Å². The average molecular weight is 361 g/mol. The van der Waals surface area contributed by atoms with Crippen LogP contribution in [0.15, 0.2) is 53.0 Å². The van der Waals surface area contributed by atoms with Crippen LogP contribution in [0.25, 0.3) is 0 Å². The summed E-state index contributed by atoms with van der Waals surface area (Å²) in [7, 11) is 0. The minimum atomic E-state index is -1.04. The van der Waals surface area contributed by atoms with E-state index in [1.165, 1.54) is 11.1 Å². The molecule has 0 radical (unpaired) electrons. The van der Waals surface area contributed by atoms with Gasteiger partial charge >= 0.3 is 0 Å². The average Bonchev–Trinajstić information content (AvgIpc) is 2.49. The molecule has 3 N–H and O–H groups in total. The predicted molar refractivity (Wildman–Crippen MR) is 93.6 cm³/mol. The van der Waals surface area contributed by atoms with Crippen LogP contribution in [0.4, 0.5) is 0 Å². The Morgan fingerprint density at radius 1 is 1.18 bits per heavy atom. The van der Waals surface area contributed by atoms with E-state index in [-0.39, 0.29) is 5.91 Å². The smallest absolute Gasteiger partial charge is 0.244 e. The van der Waals surface area contributed by atoms with Gasteiger partial charge in [-0.25, -0.2) is 0 Å². The molecule has 2 aromatic rings. The summed E-state index contributed by atoms with van der Waals surface area (Å²) >= 11 is 3.38. The lowest BCUT2D eigenvalue weighted by atomic mass is 9.92. The van der Waals surface area contributed by atoms with Crippen LogP contribution in [0.5, 0.6) is 0 Å². The molecule has 0 aliphatic rings. The summed E-state index contributed by atoms with van der Waals surface area (Å²) in [5, 5.41) is 2.94. The van der Waals surface area contributed by atoms with Crippen molar-refractivity contribution in [3.63, 3.8) is 0 Å². The van der Waals surface area contributed by atoms with Crippen LogP contribution in [0.1, 0.15) is 23.6 Å². The quantitative estimate of drug-likeness (QED) is 0.859. The highest BCUT2D eigenvalue weighted by atomic mass is 79.9. The molecule has 0 fully saturated rings. The zero-order valence-corrected chi connectivity index (χ0v) is 14.5. The number of benzene rings is 2. The maximum Gasteiger partial charge on any atom is 0.244 e. The van der Waals surface area contributed by atoms with Crippen molar-refractivity contribution in [3.8, 4) is 0 Å². The van der Waals surface area contributed by atoms with Crippen molar-refractivity contribution in [3.05, 3.63) is 69.7 Å². The minimum Gasteiger partial charge on any atom is -0.354 e. The van der Waals surface area contributed by atoms with Gasteiger partial charge in [-0.2, -0.15) is 0 Å². The fraction of sp³-hybridized carbons (Fsp3) is 0.278. The van der Waals surface area contributed by atoms with E-state index in [4.69, 9.17) is 5.73 Å². The largest absolute Gasteiger partial charge is 0.354 e. The first-order chi connectivity index (χ1) is 10.4. The van der Waals surface area contributed by atoms with Crippen LogP contribution in [-0.4, -0.2) is 12.5 Å². The normalized spacial score (nSPS) is 13.5. The van der Waals surface area contributed by atoms with Crippen LogP contribution >= 0.6 is 15.9 Å². The van der Waals surface area contributed by atoms with Gasteiger partial charge < -0.3 is 11.1 Å². The van der Waals surface area contributed by atoms with E-state index in [0.717, 1.165) is 16.5 Å². The van der Waals surface area contributed by atoms with E-state index in [1.54, 1.807) is 6.92 Å². The van der Waals surface area contributed by atoms with Crippen LogP contribution < -0.4 is 11.1 Å². The zero-order valence-electron chi connectivity index (χ0n) is 12.9. The van der Waals surface area contributed by atoms with Crippen molar-refractivity contribution >= 4 is 21.8 Å². The Hall–Kier alpha value is -1.65. The van der Waals surface area contributed by atoms with Gasteiger partial charge in [0.1, 0.15) is 5.54 Å². The predicted octanol–water partition coefficient (Wildman–Crippen LogP) is 3.29. The first-order valence-electron chi connectivity index (χ1n) is 7.29. The Kier molecular flexibility index (Phi) is 5.37. The van der Waals surface area contributed by atoms with Gasteiger partial charge in [-0.15, -0.1) is 0 Å². The fourth-order valence-electron chi connectivity index (χ4n) is 2.31. The molecule has 1 unspecified atom stereocenters. The van der Waals surface area contributed by atoms with Gasteiger partial charge in [0.15, 0.2) is 0 Å². The van der Waals surface area contributed by atoms with Crippen molar-refractivity contribution in [2.75, 3.05) is 6.54 Å². The molecule has 1 atom stereocenters. The molecule has 0 heterocycles. The summed E-state index contributed by atoms with van der Waals surface area (Å²) in [5.74, 6) is -0.164. The van der Waals surface area contributed by atoms with E-state index in [0.29, 0.717) is 6.54 Å². The number of hydrogen-bond acceptors (Lipinski definition) is 2. The number of aryl methyl sites for hydroxylation is 1. The summed E-state index contributed by atoms with van der Waals surface area (Å²) in [6.07, 6.45) is 0.800. The highest BCUT2D eigenvalue weighted by Crippen LogP contribution is 2.20. The monoisotopic (exact) mass is 360 g/mol. The SMILES string of the molecule is Cc1ccccc1CCNC(=O)C(C)(N)c1ccc(Br)cc1. The number of rotatable bonds is 5. The molecule has 2 aromatic carbocycles. The number of amides is 1. The van der Waals surface area contributed by atoms with E-state index in [1.807, 2.05) is 36.4 Å². The van der Waals surface area contributed by atoms with Crippen LogP contribution in [0.2, 0.25) is 0 Å². The maximum atomic E-state index is 12.4. The molecule has 0 spiro atoms. The second kappa shape index (κ2) is 7.07. The summed E-state index contributed by atoms with van der Waals surface area (Å²) < 4.78 is 0.965. The molecular formula is C18H21BrN2O. The van der Waals surface area contributed by atoms with E-state index in [9.17, 15) is 4.79 Å². The third-order valence-corrected chi connectivity index (χ3v) is 4.39. The number of halogens is 1. The van der Waals surface area contributed by atoms with Gasteiger partial charge in [-0.1, -0.05) is 52.3 Å². The molecular weight excluding hydrogens is 340 g/mol. The number of carbonyl (C=O) groups is 1. The Labute approximate surface area is 140 Å². The van der Waals surface area contributed by atoms with E-state index in [2.05, 4.69) is 40.3 Å². The van der Waals surface area contributed by atoms with Gasteiger partial charge in [0.05, 0.1) is 0 Å². The van der Waals surface area contributed by atoms with Gasteiger partial charge in [-0.05, 0) is 49.1 Å². The first-order valence-corrected chi connectivity index (χ1v) is 8.08. The van der Waals surface area contributed by atoms with Crippen LogP contribution in [0.3, 0.4) is 0 Å². The molecule has 0 saturated carbocycles. The second-order valence-corrected chi connectivity index (χ2v) is 6.56. The Morgan fingerprint density at radius 3 is 2.45 bits per heavy atom. The minimum absolute atomic E-state index is 0.164. The molecule has 0 aromatic heterocycles. The highest BCUT2D eigenvalue weighted by molar-refractivity contribution is 9.10. The number of nitrogens with two attached hydrogens (primary N) is 1. The summed E-state index contributed by atoms with van der Waals surface area (Å²) in [5.41, 5.74) is 8.45. The Balaban J connectivity index is 1.96. The van der Waals surface area contributed by atoms with Crippen LogP contribution in [-0.2, 0) is 16.8 Å². The first kappa shape index (κ1) is 16.7. The molecule has 116 valence electrons. The third kappa shape index (κ3) is 3.96. The lowest BCUT2D eigenvalue weighted by Crippen LogP contribution is -2.49. The molecule has 0 saturated heterocycles. The number of hydrogen-bond donors (Lipinski definition) is 2. The van der Waals surface area contributed by atoms with E-state index < -0.39 is 5.54 Å². The summed E-state index contributed by atoms with van der Waals surface area (Å²) in [6.45, 7) is 4.39. The van der Waals surface area contributed by atoms with Crippen molar-refractivity contribution in [2.24, 2.45) is 5.73 Å². The number of carbonyl (C=O) groups excluding carboxylic acids is 1. The molecule has 0 bridgehead atoms. The van der Waals surface area contributed by atoms with Gasteiger partial charge in [0, 0.05) is 11.0 Å². The molecule has 1 amide bonds. The topological polar surface area (TPSA) is 55.1 Å². The molecule has 0 aliphatic heterocycles. The summed E-state index contributed by atoms with van der Waals surface area (Å²) in [4.78, 5) is 12.4. The lowest BCUT2D eigenvalue weighted by Gasteiger charge is -2.24. The Morgan fingerprint density at radius 2 is 1.82 bits per heavy atom. The highest BCUT2D eigenvalue weighted by Gasteiger charge is 2.30. The number of nitrogens with one attached hydrogen (secondary N) is 1. The molecule has 4 heteroatoms. The Bertz CT molecular complexity index is 650. The van der Waals surface area contributed by atoms with Crippen LogP contribution in [0, 0.1) is 6.92 Å². The lowest BCUT2D eigenvalue weighted by molar-refractivity contribution is -0.126. The second-order valence-electron chi connectivity index (χ2n) is 5.64. The summed E-state index contributed by atoms with van der Waals surface area (Å²) in [6, 6.07) is 15.7. The third-order valence-electron chi connectivity index (χ3n) is 3.86.